The summed E-state index contributed by atoms with van der Waals surface area (Å²) < 4.78 is 31.6. The van der Waals surface area contributed by atoms with Gasteiger partial charge in [0.1, 0.15) is 0 Å². The van der Waals surface area contributed by atoms with Gasteiger partial charge in [0.15, 0.2) is 6.61 Å². The van der Waals surface area contributed by atoms with Crippen LogP contribution in [-0.2, 0) is 24.3 Å². The summed E-state index contributed by atoms with van der Waals surface area (Å²) in [6, 6.07) is 5.10. The van der Waals surface area contributed by atoms with Gasteiger partial charge in [0, 0.05) is 19.2 Å². The van der Waals surface area contributed by atoms with Gasteiger partial charge in [-0.15, -0.1) is 0 Å². The number of hydrogen-bond acceptors (Lipinski definition) is 6. The Kier molecular flexibility index (Phi) is 7.70. The van der Waals surface area contributed by atoms with Crippen LogP contribution in [0, 0.1) is 0 Å². The van der Waals surface area contributed by atoms with Crippen molar-refractivity contribution in [3.05, 3.63) is 35.9 Å². The number of carbonyl (C=O) groups excluding carboxylic acids is 3. The Balaban J connectivity index is 1.94. The van der Waals surface area contributed by atoms with Crippen LogP contribution in [0.25, 0.3) is 6.08 Å². The third-order valence-corrected chi connectivity index (χ3v) is 6.02. The van der Waals surface area contributed by atoms with Crippen molar-refractivity contribution < 1.29 is 27.5 Å². The number of benzene rings is 1. The van der Waals surface area contributed by atoms with Gasteiger partial charge in [-0.3, -0.25) is 10.1 Å². The van der Waals surface area contributed by atoms with Gasteiger partial charge in [0.2, 0.25) is 10.0 Å². The molecule has 3 amide bonds. The number of esters is 1. The summed E-state index contributed by atoms with van der Waals surface area (Å²) in [7, 11) is -3.53. The number of imide groups is 1. The van der Waals surface area contributed by atoms with Gasteiger partial charge in [-0.2, -0.15) is 4.31 Å². The van der Waals surface area contributed by atoms with E-state index in [0.717, 1.165) is 31.8 Å². The second-order valence-corrected chi connectivity index (χ2v) is 8.18. The van der Waals surface area contributed by atoms with E-state index in [4.69, 9.17) is 5.73 Å². The van der Waals surface area contributed by atoms with E-state index >= 15 is 0 Å². The monoisotopic (exact) mass is 409 g/mol. The zero-order valence-electron chi connectivity index (χ0n) is 15.3. The van der Waals surface area contributed by atoms with E-state index in [9.17, 15) is 22.8 Å². The zero-order valence-corrected chi connectivity index (χ0v) is 16.1. The minimum absolute atomic E-state index is 0.206. The molecule has 0 spiro atoms. The minimum atomic E-state index is -3.53. The van der Waals surface area contributed by atoms with Crippen LogP contribution < -0.4 is 11.1 Å². The quantitative estimate of drug-likeness (QED) is 0.531. The van der Waals surface area contributed by atoms with Gasteiger partial charge in [0.25, 0.3) is 5.91 Å². The molecule has 0 radical (unpaired) electrons. The van der Waals surface area contributed by atoms with Gasteiger partial charge in [0.05, 0.1) is 4.90 Å². The van der Waals surface area contributed by atoms with Crippen LogP contribution in [-0.4, -0.2) is 50.3 Å². The maximum absolute atomic E-state index is 12.7. The average Bonchev–Trinajstić information content (AvgIpc) is 2.94. The maximum atomic E-state index is 12.7. The summed E-state index contributed by atoms with van der Waals surface area (Å²) in [5.41, 5.74) is 5.35. The number of urea groups is 1. The Bertz CT molecular complexity index is 841. The molecule has 0 atom stereocenters. The fourth-order valence-corrected chi connectivity index (χ4v) is 4.22. The Morgan fingerprint density at radius 3 is 2.25 bits per heavy atom. The lowest BCUT2D eigenvalue weighted by Gasteiger charge is -2.19. The molecule has 0 aliphatic carbocycles. The summed E-state index contributed by atoms with van der Waals surface area (Å²) >= 11 is 0. The summed E-state index contributed by atoms with van der Waals surface area (Å²) in [6.45, 7) is 0.414. The number of amides is 3. The molecule has 28 heavy (non-hydrogen) atoms. The molecule has 1 fully saturated rings. The molecule has 0 unspecified atom stereocenters. The first-order valence-corrected chi connectivity index (χ1v) is 10.3. The lowest BCUT2D eigenvalue weighted by Crippen LogP contribution is -2.37. The molecule has 152 valence electrons. The minimum Gasteiger partial charge on any atom is -0.452 e. The van der Waals surface area contributed by atoms with Crippen molar-refractivity contribution in [3.63, 3.8) is 0 Å². The predicted octanol–water partition coefficient (Wildman–Crippen LogP) is 1.00. The first-order valence-electron chi connectivity index (χ1n) is 8.83. The molecular weight excluding hydrogens is 386 g/mol. The normalized spacial score (nSPS) is 15.7. The summed E-state index contributed by atoms with van der Waals surface area (Å²) in [4.78, 5) is 33.4. The number of nitrogens with zero attached hydrogens (tertiary/aromatic N) is 1. The number of primary amides is 1. The molecule has 0 aromatic heterocycles. The van der Waals surface area contributed by atoms with Crippen LogP contribution in [0.15, 0.2) is 35.2 Å². The Hall–Kier alpha value is -2.72. The highest BCUT2D eigenvalue weighted by atomic mass is 32.2. The number of ether oxygens (including phenoxy) is 1. The highest BCUT2D eigenvalue weighted by molar-refractivity contribution is 7.89. The third kappa shape index (κ3) is 6.46. The van der Waals surface area contributed by atoms with Crippen molar-refractivity contribution in [3.8, 4) is 0 Å². The molecular formula is C18H23N3O6S. The smallest absolute Gasteiger partial charge is 0.331 e. The van der Waals surface area contributed by atoms with E-state index in [1.807, 2.05) is 0 Å². The zero-order chi connectivity index (χ0) is 20.6. The first-order chi connectivity index (χ1) is 13.3. The second-order valence-electron chi connectivity index (χ2n) is 6.24. The van der Waals surface area contributed by atoms with Crippen molar-refractivity contribution >= 4 is 34.0 Å². The van der Waals surface area contributed by atoms with E-state index in [1.165, 1.54) is 22.5 Å². The number of nitrogens with two attached hydrogens (primary N) is 1. The standard InChI is InChI=1S/C18H23N3O6S/c19-18(24)20-16(22)13-27-17(23)10-7-14-5-8-15(9-6-14)28(25,26)21-11-3-1-2-4-12-21/h5-10H,1-4,11-13H2,(H3,19,20,22,24). The molecule has 1 aromatic carbocycles. The number of rotatable bonds is 6. The van der Waals surface area contributed by atoms with Gasteiger partial charge >= 0.3 is 12.0 Å². The SMILES string of the molecule is NC(=O)NC(=O)COC(=O)C=Cc1ccc(S(=O)(=O)N2CCCCCC2)cc1. The third-order valence-electron chi connectivity index (χ3n) is 4.10. The van der Waals surface area contributed by atoms with Gasteiger partial charge in [-0.25, -0.2) is 18.0 Å². The van der Waals surface area contributed by atoms with E-state index < -0.39 is 34.5 Å². The average molecular weight is 409 g/mol. The molecule has 1 aliphatic heterocycles. The first kappa shape index (κ1) is 21.6. The van der Waals surface area contributed by atoms with Gasteiger partial charge in [-0.1, -0.05) is 25.0 Å². The summed E-state index contributed by atoms with van der Waals surface area (Å²) in [5, 5.41) is 1.76. The van der Waals surface area contributed by atoms with Gasteiger partial charge in [-0.05, 0) is 36.6 Å². The van der Waals surface area contributed by atoms with Gasteiger partial charge < -0.3 is 10.5 Å². The lowest BCUT2D eigenvalue weighted by atomic mass is 10.2. The fraction of sp³-hybridized carbons (Fsp3) is 0.389. The Morgan fingerprint density at radius 1 is 1.07 bits per heavy atom. The highest BCUT2D eigenvalue weighted by Gasteiger charge is 2.24. The van der Waals surface area contributed by atoms with Crippen molar-refractivity contribution in [2.45, 2.75) is 30.6 Å². The van der Waals surface area contributed by atoms with Crippen molar-refractivity contribution in [1.29, 1.82) is 0 Å². The molecule has 1 aliphatic rings. The molecule has 2 rings (SSSR count). The maximum Gasteiger partial charge on any atom is 0.331 e. The second kappa shape index (κ2) is 10.00. The topological polar surface area (TPSA) is 136 Å². The van der Waals surface area contributed by atoms with Crippen LogP contribution in [0.5, 0.6) is 0 Å². The van der Waals surface area contributed by atoms with Crippen molar-refractivity contribution in [2.75, 3.05) is 19.7 Å². The molecule has 1 saturated heterocycles. The fourth-order valence-electron chi connectivity index (χ4n) is 2.70. The van der Waals surface area contributed by atoms with E-state index in [0.29, 0.717) is 18.7 Å². The molecule has 1 heterocycles. The number of nitrogens with one attached hydrogen (secondary N) is 1. The number of sulfonamides is 1. The lowest BCUT2D eigenvalue weighted by molar-refractivity contribution is -0.143. The van der Waals surface area contributed by atoms with Crippen LogP contribution in [0.1, 0.15) is 31.2 Å². The highest BCUT2D eigenvalue weighted by Crippen LogP contribution is 2.20. The summed E-state index contributed by atoms with van der Waals surface area (Å²) in [6.07, 6.45) is 6.32. The number of hydrogen-bond donors (Lipinski definition) is 2. The van der Waals surface area contributed by atoms with E-state index in [2.05, 4.69) is 4.74 Å². The Labute approximate surface area is 163 Å². The Morgan fingerprint density at radius 2 is 1.68 bits per heavy atom. The number of carbonyl (C=O) groups is 3. The van der Waals surface area contributed by atoms with E-state index in [-0.39, 0.29) is 4.90 Å². The van der Waals surface area contributed by atoms with Crippen LogP contribution in [0.4, 0.5) is 4.79 Å². The molecule has 0 bridgehead atoms. The molecule has 3 N–H and O–H groups in total. The molecule has 0 saturated carbocycles. The largest absolute Gasteiger partial charge is 0.452 e. The van der Waals surface area contributed by atoms with E-state index in [1.54, 1.807) is 17.4 Å². The molecule has 10 heteroatoms. The summed E-state index contributed by atoms with van der Waals surface area (Å²) in [5.74, 6) is -1.63. The predicted molar refractivity (Wildman–Crippen MR) is 101 cm³/mol. The molecule has 1 aromatic rings. The van der Waals surface area contributed by atoms with Crippen LogP contribution >= 0.6 is 0 Å². The van der Waals surface area contributed by atoms with Crippen LogP contribution in [0.2, 0.25) is 0 Å². The molecule has 9 nitrogen and oxygen atoms in total. The van der Waals surface area contributed by atoms with Crippen LogP contribution in [0.3, 0.4) is 0 Å². The van der Waals surface area contributed by atoms with Crippen molar-refractivity contribution in [1.82, 2.24) is 9.62 Å². The van der Waals surface area contributed by atoms with Crippen molar-refractivity contribution in [2.24, 2.45) is 5.73 Å².